The van der Waals surface area contributed by atoms with Crippen LogP contribution < -0.4 is 0 Å². The number of fused-ring (bicyclic) bond motifs is 5. The molecule has 5 heteroatoms. The van der Waals surface area contributed by atoms with E-state index in [4.69, 9.17) is 0 Å². The smallest absolute Gasteiger partial charge is 0.190 e. The highest BCUT2D eigenvalue weighted by molar-refractivity contribution is 6.02. The van der Waals surface area contributed by atoms with Crippen LogP contribution in [0.25, 0.3) is 0 Å². The average Bonchev–Trinajstić information content (AvgIpc) is 2.87. The molecule has 2 fully saturated rings. The second-order valence-electron chi connectivity index (χ2n) is 9.30. The minimum Gasteiger partial charge on any atom is -0.393 e. The number of rotatable bonds is 2. The number of hydrogen-bond acceptors (Lipinski definition) is 5. The molecule has 4 aliphatic carbocycles. The SMILES string of the molecule is CC1=C[C@@H]2[C@H]([C@@H](O)C[C@@]3(C)[C@H]2CC[C@]3(O)C(=O)CO)[C@@]2(C)C=CC(=O)C=C12. The highest BCUT2D eigenvalue weighted by Gasteiger charge is 2.67. The highest BCUT2D eigenvalue weighted by Crippen LogP contribution is 2.66. The van der Waals surface area contributed by atoms with Gasteiger partial charge in [-0.1, -0.05) is 31.6 Å². The van der Waals surface area contributed by atoms with Gasteiger partial charge in [-0.15, -0.1) is 0 Å². The lowest BCUT2D eigenvalue weighted by Crippen LogP contribution is -2.61. The highest BCUT2D eigenvalue weighted by atomic mass is 16.3. The topological polar surface area (TPSA) is 94.8 Å². The molecule has 0 bridgehead atoms. The molecule has 0 spiro atoms. The van der Waals surface area contributed by atoms with E-state index in [0.717, 1.165) is 11.1 Å². The molecule has 0 saturated heterocycles. The Balaban J connectivity index is 1.84. The van der Waals surface area contributed by atoms with Crippen molar-refractivity contribution in [2.24, 2.45) is 28.6 Å². The van der Waals surface area contributed by atoms with Crippen molar-refractivity contribution >= 4 is 11.6 Å². The van der Waals surface area contributed by atoms with Crippen LogP contribution >= 0.6 is 0 Å². The number of aliphatic hydroxyl groups is 3. The first-order valence-corrected chi connectivity index (χ1v) is 9.77. The Morgan fingerprint density at radius 3 is 2.70 bits per heavy atom. The van der Waals surface area contributed by atoms with Crippen LogP contribution in [0, 0.1) is 28.6 Å². The summed E-state index contributed by atoms with van der Waals surface area (Å²) in [7, 11) is 0. The van der Waals surface area contributed by atoms with Crippen molar-refractivity contribution in [3.05, 3.63) is 35.5 Å². The van der Waals surface area contributed by atoms with Crippen LogP contribution in [0.2, 0.25) is 0 Å². The Labute approximate surface area is 159 Å². The zero-order chi connectivity index (χ0) is 19.8. The lowest BCUT2D eigenvalue weighted by molar-refractivity contribution is -0.172. The van der Waals surface area contributed by atoms with Gasteiger partial charge in [-0.25, -0.2) is 0 Å². The predicted octanol–water partition coefficient (Wildman–Crippen LogP) is 1.72. The van der Waals surface area contributed by atoms with Crippen molar-refractivity contribution in [3.63, 3.8) is 0 Å². The van der Waals surface area contributed by atoms with Crippen LogP contribution in [0.4, 0.5) is 0 Å². The Hall–Kier alpha value is -1.56. The molecule has 27 heavy (non-hydrogen) atoms. The maximum atomic E-state index is 12.4. The largest absolute Gasteiger partial charge is 0.393 e. The van der Waals surface area contributed by atoms with E-state index in [-0.39, 0.29) is 23.5 Å². The molecule has 0 aliphatic heterocycles. The molecule has 3 N–H and O–H groups in total. The molecule has 0 aromatic rings. The van der Waals surface area contributed by atoms with Gasteiger partial charge in [-0.05, 0) is 55.7 Å². The summed E-state index contributed by atoms with van der Waals surface area (Å²) in [6.45, 7) is 5.26. The molecule has 4 aliphatic rings. The quantitative estimate of drug-likeness (QED) is 0.686. The molecule has 7 atom stereocenters. The summed E-state index contributed by atoms with van der Waals surface area (Å²) >= 11 is 0. The van der Waals surface area contributed by atoms with Crippen LogP contribution in [0.15, 0.2) is 35.5 Å². The summed E-state index contributed by atoms with van der Waals surface area (Å²) in [6.07, 6.45) is 7.87. The monoisotopic (exact) mass is 372 g/mol. The third-order valence-corrected chi connectivity index (χ3v) is 8.13. The van der Waals surface area contributed by atoms with Gasteiger partial charge in [-0.2, -0.15) is 0 Å². The maximum absolute atomic E-state index is 12.4. The van der Waals surface area contributed by atoms with Crippen molar-refractivity contribution in [1.82, 2.24) is 0 Å². The number of carbonyl (C=O) groups is 2. The summed E-state index contributed by atoms with van der Waals surface area (Å²) in [5.74, 6) is -0.663. The van der Waals surface area contributed by atoms with Crippen LogP contribution in [0.1, 0.15) is 40.0 Å². The lowest BCUT2D eigenvalue weighted by Gasteiger charge is -2.58. The second-order valence-corrected chi connectivity index (χ2v) is 9.30. The van der Waals surface area contributed by atoms with E-state index in [1.54, 1.807) is 12.2 Å². The molecule has 0 amide bonds. The summed E-state index contributed by atoms with van der Waals surface area (Å²) < 4.78 is 0. The normalized spacial score (nSPS) is 48.3. The maximum Gasteiger partial charge on any atom is 0.190 e. The van der Waals surface area contributed by atoms with Gasteiger partial charge in [0.05, 0.1) is 6.10 Å². The van der Waals surface area contributed by atoms with Gasteiger partial charge in [0.1, 0.15) is 12.2 Å². The third kappa shape index (κ3) is 2.22. The molecule has 0 heterocycles. The van der Waals surface area contributed by atoms with Gasteiger partial charge in [-0.3, -0.25) is 9.59 Å². The summed E-state index contributed by atoms with van der Waals surface area (Å²) in [6, 6.07) is 0. The number of hydrogen-bond donors (Lipinski definition) is 3. The van der Waals surface area contributed by atoms with Gasteiger partial charge in [0.25, 0.3) is 0 Å². The number of allylic oxidation sites excluding steroid dienone is 6. The van der Waals surface area contributed by atoms with Crippen LogP contribution in [0.5, 0.6) is 0 Å². The first-order valence-electron chi connectivity index (χ1n) is 9.77. The third-order valence-electron chi connectivity index (χ3n) is 8.13. The fourth-order valence-corrected chi connectivity index (χ4v) is 6.79. The van der Waals surface area contributed by atoms with E-state index < -0.39 is 34.9 Å². The zero-order valence-corrected chi connectivity index (χ0v) is 16.1. The molecule has 0 unspecified atom stereocenters. The Bertz CT molecular complexity index is 808. The fourth-order valence-electron chi connectivity index (χ4n) is 6.79. The van der Waals surface area contributed by atoms with Crippen molar-refractivity contribution < 1.29 is 24.9 Å². The number of carbonyl (C=O) groups excluding carboxylic acids is 2. The number of aliphatic hydroxyl groups excluding tert-OH is 2. The first-order chi connectivity index (χ1) is 12.6. The van der Waals surface area contributed by atoms with Gasteiger partial charge in [0.15, 0.2) is 11.6 Å². The van der Waals surface area contributed by atoms with E-state index in [9.17, 15) is 24.9 Å². The van der Waals surface area contributed by atoms with E-state index >= 15 is 0 Å². The summed E-state index contributed by atoms with van der Waals surface area (Å²) in [5.41, 5.74) is -0.846. The molecule has 146 valence electrons. The number of Topliss-reactive ketones (excluding diaryl/α,β-unsaturated/α-hetero) is 1. The molecule has 2 saturated carbocycles. The van der Waals surface area contributed by atoms with E-state index in [2.05, 4.69) is 13.0 Å². The van der Waals surface area contributed by atoms with Gasteiger partial charge < -0.3 is 15.3 Å². The van der Waals surface area contributed by atoms with Gasteiger partial charge in [0.2, 0.25) is 0 Å². The van der Waals surface area contributed by atoms with Crippen molar-refractivity contribution in [3.8, 4) is 0 Å². The lowest BCUT2D eigenvalue weighted by atomic mass is 9.47. The standard InChI is InChI=1S/C22H28O5/c1-12-8-14-15-5-7-22(27,18(26)11-23)21(15,3)10-17(25)19(14)20(2)6-4-13(24)9-16(12)20/h4,6,8-9,14-15,17,19,23,25,27H,5,7,10-11H2,1-3H3/t14-,15-,17-,19+,20-,21-,22-/m0/s1. The van der Waals surface area contributed by atoms with E-state index in [0.29, 0.717) is 19.3 Å². The van der Waals surface area contributed by atoms with E-state index in [1.807, 2.05) is 19.9 Å². The molecule has 5 nitrogen and oxygen atoms in total. The Kier molecular flexibility index (Phi) is 3.98. The summed E-state index contributed by atoms with van der Waals surface area (Å²) in [5, 5.41) is 31.8. The van der Waals surface area contributed by atoms with E-state index in [1.165, 1.54) is 0 Å². The molecule has 0 radical (unpaired) electrons. The van der Waals surface area contributed by atoms with Crippen molar-refractivity contribution in [2.75, 3.05) is 6.61 Å². The van der Waals surface area contributed by atoms with Gasteiger partial charge in [0, 0.05) is 16.7 Å². The van der Waals surface area contributed by atoms with Crippen LogP contribution in [-0.4, -0.2) is 45.2 Å². The minimum absolute atomic E-state index is 0.000676. The Morgan fingerprint density at radius 1 is 1.33 bits per heavy atom. The molecular formula is C22H28O5. The van der Waals surface area contributed by atoms with Crippen LogP contribution in [-0.2, 0) is 9.59 Å². The van der Waals surface area contributed by atoms with Crippen molar-refractivity contribution in [1.29, 1.82) is 0 Å². The van der Waals surface area contributed by atoms with Crippen molar-refractivity contribution in [2.45, 2.75) is 51.7 Å². The minimum atomic E-state index is -1.60. The fraction of sp³-hybridized carbons (Fsp3) is 0.636. The summed E-state index contributed by atoms with van der Waals surface area (Å²) in [4.78, 5) is 24.3. The number of ketones is 2. The predicted molar refractivity (Wildman–Crippen MR) is 99.6 cm³/mol. The molecular weight excluding hydrogens is 344 g/mol. The Morgan fingerprint density at radius 2 is 2.04 bits per heavy atom. The zero-order valence-electron chi connectivity index (χ0n) is 16.1. The molecule has 0 aromatic carbocycles. The second kappa shape index (κ2) is 5.72. The molecule has 0 aromatic heterocycles. The van der Waals surface area contributed by atoms with Crippen LogP contribution in [0.3, 0.4) is 0 Å². The molecule has 4 rings (SSSR count). The van der Waals surface area contributed by atoms with Gasteiger partial charge >= 0.3 is 0 Å². The first kappa shape index (κ1) is 18.8. The average molecular weight is 372 g/mol.